The quantitative estimate of drug-likeness (QED) is 0.585. The number of sulfone groups is 1. The van der Waals surface area contributed by atoms with Crippen LogP contribution in [0.5, 0.6) is 0 Å². The molecule has 0 bridgehead atoms. The van der Waals surface area contributed by atoms with Gasteiger partial charge in [0, 0.05) is 31.1 Å². The first-order valence-corrected chi connectivity index (χ1v) is 14.3. The molecule has 0 spiro atoms. The zero-order valence-electron chi connectivity index (χ0n) is 19.0. The molecule has 1 atom stereocenters. The van der Waals surface area contributed by atoms with E-state index in [-0.39, 0.29) is 28.3 Å². The summed E-state index contributed by atoms with van der Waals surface area (Å²) in [5, 5.41) is 5.85. The Morgan fingerprint density at radius 1 is 0.879 bits per heavy atom. The zero-order chi connectivity index (χ0) is 24.1. The molecular weight excluding hydrogens is 462 g/mol. The van der Waals surface area contributed by atoms with Gasteiger partial charge in [-0.1, -0.05) is 25.0 Å². The third-order valence-electron chi connectivity index (χ3n) is 5.72. The van der Waals surface area contributed by atoms with Gasteiger partial charge in [0.25, 0.3) is 0 Å². The van der Waals surface area contributed by atoms with Crippen LogP contribution in [-0.4, -0.2) is 52.9 Å². The summed E-state index contributed by atoms with van der Waals surface area (Å²) >= 11 is 0. The lowest BCUT2D eigenvalue weighted by molar-refractivity contribution is -0.115. The lowest BCUT2D eigenvalue weighted by atomic mass is 10.1. The van der Waals surface area contributed by atoms with Gasteiger partial charge >= 0.3 is 0 Å². The van der Waals surface area contributed by atoms with Crippen molar-refractivity contribution in [3.8, 4) is 0 Å². The zero-order valence-corrected chi connectivity index (χ0v) is 20.6. The summed E-state index contributed by atoms with van der Waals surface area (Å²) in [6.45, 7) is 3.01. The van der Waals surface area contributed by atoms with E-state index in [1.807, 2.05) is 6.92 Å². The molecule has 1 amide bonds. The van der Waals surface area contributed by atoms with Gasteiger partial charge in [-0.2, -0.15) is 4.31 Å². The van der Waals surface area contributed by atoms with Gasteiger partial charge in [0.2, 0.25) is 15.9 Å². The number of amides is 1. The molecule has 2 N–H and O–H groups in total. The number of anilines is 1. The van der Waals surface area contributed by atoms with E-state index in [2.05, 4.69) is 10.6 Å². The Kier molecular flexibility index (Phi) is 8.28. The molecule has 2 aromatic rings. The van der Waals surface area contributed by atoms with Crippen LogP contribution >= 0.6 is 0 Å². The first-order valence-electron chi connectivity index (χ1n) is 11.0. The Bertz CT molecular complexity index is 1150. The van der Waals surface area contributed by atoms with Crippen LogP contribution in [0.15, 0.2) is 58.3 Å². The topological polar surface area (TPSA) is 113 Å². The van der Waals surface area contributed by atoms with Crippen molar-refractivity contribution in [1.29, 1.82) is 0 Å². The summed E-state index contributed by atoms with van der Waals surface area (Å²) < 4.78 is 50.4. The maximum Gasteiger partial charge on any atom is 0.243 e. The minimum absolute atomic E-state index is 0.0445. The number of carbonyl (C=O) groups excluding carboxylic acids is 1. The Morgan fingerprint density at radius 2 is 1.42 bits per heavy atom. The van der Waals surface area contributed by atoms with E-state index in [0.717, 1.165) is 37.5 Å². The summed E-state index contributed by atoms with van der Waals surface area (Å²) in [7, 11) is -6.78. The van der Waals surface area contributed by atoms with Crippen molar-refractivity contribution in [2.45, 2.75) is 48.4 Å². The second-order valence-electron chi connectivity index (χ2n) is 8.33. The van der Waals surface area contributed by atoms with E-state index in [1.54, 1.807) is 40.7 Å². The maximum atomic E-state index is 12.9. The molecule has 0 radical (unpaired) electrons. The van der Waals surface area contributed by atoms with Gasteiger partial charge in [0.1, 0.15) is 0 Å². The number of carbonyl (C=O) groups is 1. The summed E-state index contributed by atoms with van der Waals surface area (Å²) in [4.78, 5) is 12.8. The molecule has 0 saturated carbocycles. The maximum absolute atomic E-state index is 12.9. The van der Waals surface area contributed by atoms with Crippen molar-refractivity contribution in [3.05, 3.63) is 54.1 Å². The van der Waals surface area contributed by atoms with E-state index in [0.29, 0.717) is 18.8 Å². The summed E-state index contributed by atoms with van der Waals surface area (Å²) in [6.07, 6.45) is 5.01. The van der Waals surface area contributed by atoms with Gasteiger partial charge < -0.3 is 10.6 Å². The highest BCUT2D eigenvalue weighted by Crippen LogP contribution is 2.22. The molecule has 1 fully saturated rings. The number of nitrogens with zero attached hydrogens (tertiary/aromatic N) is 1. The van der Waals surface area contributed by atoms with Crippen LogP contribution in [0.1, 0.15) is 44.2 Å². The van der Waals surface area contributed by atoms with E-state index in [4.69, 9.17) is 0 Å². The van der Waals surface area contributed by atoms with E-state index in [1.165, 1.54) is 12.1 Å². The summed E-state index contributed by atoms with van der Waals surface area (Å²) in [5.74, 6) is -0.266. The standard InChI is InChI=1S/C23H31N3O5S2/c1-18(19-7-11-21(12-8-19)32(2,28)29)24-17-23(27)25-20-9-13-22(14-10-20)33(30,31)26-15-5-3-4-6-16-26/h7-14,18,24H,3-6,15-17H2,1-2H3,(H,25,27)/t18-/m1/s1. The molecule has 1 heterocycles. The largest absolute Gasteiger partial charge is 0.325 e. The summed E-state index contributed by atoms with van der Waals surface area (Å²) in [6, 6.07) is 12.6. The van der Waals surface area contributed by atoms with E-state index < -0.39 is 19.9 Å². The van der Waals surface area contributed by atoms with Crippen LogP contribution < -0.4 is 10.6 Å². The van der Waals surface area contributed by atoms with Crippen molar-refractivity contribution in [3.63, 3.8) is 0 Å². The van der Waals surface area contributed by atoms with Crippen molar-refractivity contribution in [1.82, 2.24) is 9.62 Å². The third-order valence-corrected chi connectivity index (χ3v) is 8.76. The SMILES string of the molecule is C[C@@H](NCC(=O)Nc1ccc(S(=O)(=O)N2CCCCCC2)cc1)c1ccc(S(C)(=O)=O)cc1. The fraction of sp³-hybridized carbons (Fsp3) is 0.435. The molecule has 0 unspecified atom stereocenters. The van der Waals surface area contributed by atoms with Gasteiger partial charge in [-0.3, -0.25) is 4.79 Å². The predicted molar refractivity (Wildman–Crippen MR) is 128 cm³/mol. The first-order chi connectivity index (χ1) is 15.6. The average Bonchev–Trinajstić information content (AvgIpc) is 3.08. The molecule has 2 aromatic carbocycles. The number of sulfonamides is 1. The molecule has 1 aliphatic heterocycles. The molecule has 3 rings (SSSR count). The number of nitrogens with one attached hydrogen (secondary N) is 2. The minimum atomic E-state index is -3.52. The monoisotopic (exact) mass is 493 g/mol. The number of rotatable bonds is 8. The van der Waals surface area contributed by atoms with Crippen LogP contribution in [0.4, 0.5) is 5.69 Å². The Labute approximate surface area is 196 Å². The second-order valence-corrected chi connectivity index (χ2v) is 12.3. The minimum Gasteiger partial charge on any atom is -0.325 e. The molecule has 0 aliphatic carbocycles. The first kappa shape index (κ1) is 25.4. The Morgan fingerprint density at radius 3 is 1.97 bits per heavy atom. The van der Waals surface area contributed by atoms with Crippen molar-refractivity contribution in [2.24, 2.45) is 0 Å². The van der Waals surface area contributed by atoms with Gasteiger partial charge in [-0.05, 0) is 61.7 Å². The Balaban J connectivity index is 1.54. The number of hydrogen-bond acceptors (Lipinski definition) is 6. The third kappa shape index (κ3) is 6.86. The smallest absolute Gasteiger partial charge is 0.243 e. The van der Waals surface area contributed by atoms with Gasteiger partial charge in [0.15, 0.2) is 9.84 Å². The fourth-order valence-electron chi connectivity index (χ4n) is 3.71. The number of hydrogen-bond donors (Lipinski definition) is 2. The van der Waals surface area contributed by atoms with Crippen LogP contribution in [0.3, 0.4) is 0 Å². The molecule has 33 heavy (non-hydrogen) atoms. The molecule has 0 aromatic heterocycles. The van der Waals surface area contributed by atoms with Gasteiger partial charge in [-0.15, -0.1) is 0 Å². The molecule has 10 heteroatoms. The molecule has 1 saturated heterocycles. The Hall–Kier alpha value is -2.27. The average molecular weight is 494 g/mol. The van der Waals surface area contributed by atoms with E-state index >= 15 is 0 Å². The lowest BCUT2D eigenvalue weighted by Gasteiger charge is -2.20. The molecule has 1 aliphatic rings. The lowest BCUT2D eigenvalue weighted by Crippen LogP contribution is -2.32. The van der Waals surface area contributed by atoms with Gasteiger partial charge in [0.05, 0.1) is 16.3 Å². The van der Waals surface area contributed by atoms with Crippen LogP contribution in [0.2, 0.25) is 0 Å². The molecular formula is C23H31N3O5S2. The van der Waals surface area contributed by atoms with Crippen LogP contribution in [0.25, 0.3) is 0 Å². The highest BCUT2D eigenvalue weighted by Gasteiger charge is 2.25. The number of benzene rings is 2. The van der Waals surface area contributed by atoms with Crippen LogP contribution in [0, 0.1) is 0 Å². The van der Waals surface area contributed by atoms with Crippen molar-refractivity contribution >= 4 is 31.5 Å². The predicted octanol–water partition coefficient (Wildman–Crippen LogP) is 2.94. The summed E-state index contributed by atoms with van der Waals surface area (Å²) in [5.41, 5.74) is 1.38. The highest BCUT2D eigenvalue weighted by atomic mass is 32.2. The second kappa shape index (κ2) is 10.8. The highest BCUT2D eigenvalue weighted by molar-refractivity contribution is 7.90. The normalized spacial score (nSPS) is 16.7. The van der Waals surface area contributed by atoms with Gasteiger partial charge in [-0.25, -0.2) is 16.8 Å². The fourth-order valence-corrected chi connectivity index (χ4v) is 5.86. The van der Waals surface area contributed by atoms with E-state index in [9.17, 15) is 21.6 Å². The molecule has 8 nitrogen and oxygen atoms in total. The molecule has 180 valence electrons. The van der Waals surface area contributed by atoms with Crippen molar-refractivity contribution in [2.75, 3.05) is 31.2 Å². The van der Waals surface area contributed by atoms with Crippen LogP contribution in [-0.2, 0) is 24.7 Å². The van der Waals surface area contributed by atoms with Crippen molar-refractivity contribution < 1.29 is 21.6 Å².